The number of methoxy groups -OCH3 is 1. The minimum Gasteiger partial charge on any atom is -0.372 e. The van der Waals surface area contributed by atoms with E-state index < -0.39 is 5.60 Å². The van der Waals surface area contributed by atoms with Gasteiger partial charge in [0.25, 0.3) is 0 Å². The third kappa shape index (κ3) is 4.39. The zero-order chi connectivity index (χ0) is 13.6. The molecule has 4 heteroatoms. The summed E-state index contributed by atoms with van der Waals surface area (Å²) >= 11 is 5.97. The monoisotopic (exact) mass is 269 g/mol. The maximum absolute atomic E-state index is 10.9. The van der Waals surface area contributed by atoms with Crippen LogP contribution in [0.5, 0.6) is 0 Å². The zero-order valence-corrected chi connectivity index (χ0v) is 12.0. The van der Waals surface area contributed by atoms with Gasteiger partial charge >= 0.3 is 0 Å². The fourth-order valence-electron chi connectivity index (χ4n) is 1.86. The second-order valence-corrected chi connectivity index (χ2v) is 5.14. The van der Waals surface area contributed by atoms with Gasteiger partial charge in [-0.1, -0.05) is 11.6 Å². The summed E-state index contributed by atoms with van der Waals surface area (Å²) in [6.07, 6.45) is 4.95. The Bertz CT molecular complexity index is 409. The number of unbranched alkanes of at least 4 members (excludes halogenated alkanes) is 1. The van der Waals surface area contributed by atoms with E-state index in [1.165, 1.54) is 0 Å². The van der Waals surface area contributed by atoms with E-state index in [1.54, 1.807) is 26.3 Å². The number of pyridine rings is 1. The Kier molecular flexibility index (Phi) is 5.76. The predicted octanol–water partition coefficient (Wildman–Crippen LogP) is 3.75. The number of ketones is 1. The van der Waals surface area contributed by atoms with E-state index in [0.717, 1.165) is 25.0 Å². The van der Waals surface area contributed by atoms with Gasteiger partial charge in [0.05, 0.1) is 5.69 Å². The molecular weight excluding hydrogens is 250 g/mol. The summed E-state index contributed by atoms with van der Waals surface area (Å²) < 4.78 is 5.58. The van der Waals surface area contributed by atoms with Crippen LogP contribution in [-0.4, -0.2) is 17.9 Å². The second kappa shape index (κ2) is 6.86. The van der Waals surface area contributed by atoms with Gasteiger partial charge in [-0.05, 0) is 45.2 Å². The first-order chi connectivity index (χ1) is 8.48. The molecule has 0 radical (unpaired) electrons. The van der Waals surface area contributed by atoms with E-state index in [9.17, 15) is 4.79 Å². The van der Waals surface area contributed by atoms with Crippen molar-refractivity contribution in [1.29, 1.82) is 0 Å². The highest BCUT2D eigenvalue weighted by Gasteiger charge is 2.27. The van der Waals surface area contributed by atoms with Crippen LogP contribution in [0.3, 0.4) is 0 Å². The van der Waals surface area contributed by atoms with Gasteiger partial charge in [-0.2, -0.15) is 0 Å². The van der Waals surface area contributed by atoms with Gasteiger partial charge in [-0.3, -0.25) is 4.98 Å². The van der Waals surface area contributed by atoms with Gasteiger partial charge in [0.15, 0.2) is 0 Å². The average molecular weight is 270 g/mol. The van der Waals surface area contributed by atoms with Crippen LogP contribution < -0.4 is 0 Å². The first-order valence-electron chi connectivity index (χ1n) is 6.14. The number of hydrogen-bond acceptors (Lipinski definition) is 3. The SMILES string of the molecule is COC(C)(CCCCC(C)=O)c1cc(Cl)ccn1. The standard InChI is InChI=1S/C14H20ClNO2/c1-11(17)6-4-5-8-14(2,18-3)13-10-12(15)7-9-16-13/h7,9-10H,4-6,8H2,1-3H3. The van der Waals surface area contributed by atoms with Crippen molar-refractivity contribution in [2.45, 2.75) is 45.1 Å². The van der Waals surface area contributed by atoms with E-state index in [-0.39, 0.29) is 5.78 Å². The number of hydrogen-bond donors (Lipinski definition) is 0. The summed E-state index contributed by atoms with van der Waals surface area (Å²) in [5, 5.41) is 0.659. The van der Waals surface area contributed by atoms with Crippen molar-refractivity contribution in [1.82, 2.24) is 4.98 Å². The van der Waals surface area contributed by atoms with Crippen molar-refractivity contribution < 1.29 is 9.53 Å². The molecule has 0 bridgehead atoms. The van der Waals surface area contributed by atoms with Crippen LogP contribution in [0.4, 0.5) is 0 Å². The van der Waals surface area contributed by atoms with Crippen LogP contribution in [-0.2, 0) is 15.1 Å². The number of aromatic nitrogens is 1. The number of ether oxygens (including phenoxy) is 1. The summed E-state index contributed by atoms with van der Waals surface area (Å²) in [5.74, 6) is 0.231. The molecule has 0 spiro atoms. The van der Waals surface area contributed by atoms with Gasteiger partial charge in [-0.25, -0.2) is 0 Å². The van der Waals surface area contributed by atoms with E-state index in [1.807, 2.05) is 13.0 Å². The number of nitrogens with zero attached hydrogens (tertiary/aromatic N) is 1. The molecular formula is C14H20ClNO2. The van der Waals surface area contributed by atoms with Crippen molar-refractivity contribution in [3.8, 4) is 0 Å². The van der Waals surface area contributed by atoms with Crippen LogP contribution in [0.15, 0.2) is 18.3 Å². The number of halogens is 1. The molecule has 0 N–H and O–H groups in total. The highest BCUT2D eigenvalue weighted by molar-refractivity contribution is 6.30. The molecule has 0 fully saturated rings. The zero-order valence-electron chi connectivity index (χ0n) is 11.2. The summed E-state index contributed by atoms with van der Waals surface area (Å²) in [6, 6.07) is 3.58. The van der Waals surface area contributed by atoms with E-state index in [0.29, 0.717) is 11.4 Å². The summed E-state index contributed by atoms with van der Waals surface area (Å²) in [5.41, 5.74) is 0.391. The molecule has 0 aliphatic heterocycles. The fraction of sp³-hybridized carbons (Fsp3) is 0.571. The lowest BCUT2D eigenvalue weighted by Gasteiger charge is -2.27. The Morgan fingerprint density at radius 3 is 2.78 bits per heavy atom. The Labute approximate surface area is 114 Å². The molecule has 1 atom stereocenters. The lowest BCUT2D eigenvalue weighted by molar-refractivity contribution is -0.117. The Morgan fingerprint density at radius 1 is 1.50 bits per heavy atom. The Balaban J connectivity index is 2.64. The summed E-state index contributed by atoms with van der Waals surface area (Å²) in [6.45, 7) is 3.62. The van der Waals surface area contributed by atoms with Crippen LogP contribution in [0.25, 0.3) is 0 Å². The molecule has 0 aromatic carbocycles. The summed E-state index contributed by atoms with van der Waals surface area (Å²) in [7, 11) is 1.67. The molecule has 1 heterocycles. The minimum absolute atomic E-state index is 0.231. The van der Waals surface area contributed by atoms with Crippen molar-refractivity contribution in [2.75, 3.05) is 7.11 Å². The smallest absolute Gasteiger partial charge is 0.129 e. The average Bonchev–Trinajstić information content (AvgIpc) is 2.34. The molecule has 1 rings (SSSR count). The molecule has 100 valence electrons. The van der Waals surface area contributed by atoms with Crippen molar-refractivity contribution in [3.63, 3.8) is 0 Å². The van der Waals surface area contributed by atoms with E-state index in [2.05, 4.69) is 4.98 Å². The second-order valence-electron chi connectivity index (χ2n) is 4.70. The molecule has 0 aliphatic carbocycles. The molecule has 0 saturated heterocycles. The first kappa shape index (κ1) is 15.1. The number of carbonyl (C=O) groups is 1. The van der Waals surface area contributed by atoms with E-state index >= 15 is 0 Å². The highest BCUT2D eigenvalue weighted by Crippen LogP contribution is 2.30. The maximum atomic E-state index is 10.9. The van der Waals surface area contributed by atoms with Crippen molar-refractivity contribution in [3.05, 3.63) is 29.0 Å². The third-order valence-electron chi connectivity index (χ3n) is 3.15. The summed E-state index contributed by atoms with van der Waals surface area (Å²) in [4.78, 5) is 15.2. The van der Waals surface area contributed by atoms with Gasteiger partial charge in [0.1, 0.15) is 11.4 Å². The first-order valence-corrected chi connectivity index (χ1v) is 6.52. The minimum atomic E-state index is -0.443. The fourth-order valence-corrected chi connectivity index (χ4v) is 2.02. The molecule has 0 amide bonds. The third-order valence-corrected chi connectivity index (χ3v) is 3.38. The number of carbonyl (C=O) groups excluding carboxylic acids is 1. The van der Waals surface area contributed by atoms with Crippen LogP contribution >= 0.6 is 11.6 Å². The largest absolute Gasteiger partial charge is 0.372 e. The predicted molar refractivity (Wildman–Crippen MR) is 72.8 cm³/mol. The van der Waals surface area contributed by atoms with Gasteiger partial charge in [0, 0.05) is 24.8 Å². The normalized spacial score (nSPS) is 14.2. The molecule has 1 aromatic rings. The topological polar surface area (TPSA) is 39.2 Å². The lowest BCUT2D eigenvalue weighted by atomic mass is 9.93. The number of rotatable bonds is 7. The Morgan fingerprint density at radius 2 is 2.22 bits per heavy atom. The van der Waals surface area contributed by atoms with Gasteiger partial charge < -0.3 is 9.53 Å². The van der Waals surface area contributed by atoms with Crippen molar-refractivity contribution in [2.24, 2.45) is 0 Å². The van der Waals surface area contributed by atoms with Gasteiger partial charge in [0.2, 0.25) is 0 Å². The van der Waals surface area contributed by atoms with Crippen LogP contribution in [0.2, 0.25) is 5.02 Å². The Hall–Kier alpha value is -0.930. The molecule has 0 aliphatic rings. The maximum Gasteiger partial charge on any atom is 0.129 e. The lowest BCUT2D eigenvalue weighted by Crippen LogP contribution is -2.25. The quantitative estimate of drug-likeness (QED) is 0.708. The van der Waals surface area contributed by atoms with E-state index in [4.69, 9.17) is 16.3 Å². The van der Waals surface area contributed by atoms with Gasteiger partial charge in [-0.15, -0.1) is 0 Å². The molecule has 0 saturated carbocycles. The molecule has 1 aromatic heterocycles. The molecule has 18 heavy (non-hydrogen) atoms. The van der Waals surface area contributed by atoms with Crippen molar-refractivity contribution >= 4 is 17.4 Å². The number of Topliss-reactive ketones (excluding diaryl/α,β-unsaturated/α-hetero) is 1. The van der Waals surface area contributed by atoms with Crippen LogP contribution in [0.1, 0.15) is 45.2 Å². The van der Waals surface area contributed by atoms with Crippen LogP contribution in [0, 0.1) is 0 Å². The molecule has 3 nitrogen and oxygen atoms in total. The highest BCUT2D eigenvalue weighted by atomic mass is 35.5. The molecule has 1 unspecified atom stereocenters.